The molecule has 1 fully saturated rings. The lowest BCUT2D eigenvalue weighted by Crippen LogP contribution is -2.23. The standard InChI is InChI=1S/C23H18F2N4O2S2/c1-12-5-4-6-13(2)20(12)27-22-28-21(31)19(33-22)10-16-11-32-23(26-16)29(14(3)30)18-8-7-15(24)9-17(18)25/h4-11H,1-3H3,(H,27,28,31)/b19-10+. The van der Waals surface area contributed by atoms with Crippen molar-refractivity contribution in [2.45, 2.75) is 20.8 Å². The molecule has 2 heterocycles. The number of aliphatic imine (C=N–C) groups is 1. The molecule has 0 radical (unpaired) electrons. The number of carbonyl (C=O) groups excluding carboxylic acids is 2. The Bertz CT molecular complexity index is 1310. The Labute approximate surface area is 197 Å². The van der Waals surface area contributed by atoms with Crippen molar-refractivity contribution in [2.24, 2.45) is 4.99 Å². The highest BCUT2D eigenvalue weighted by Crippen LogP contribution is 2.34. The van der Waals surface area contributed by atoms with Crippen LogP contribution in [-0.2, 0) is 9.59 Å². The topological polar surface area (TPSA) is 74.7 Å². The first-order valence-electron chi connectivity index (χ1n) is 9.80. The number of amides is 2. The Morgan fingerprint density at radius 2 is 1.91 bits per heavy atom. The van der Waals surface area contributed by atoms with Crippen LogP contribution in [0.25, 0.3) is 6.08 Å². The third-order valence-corrected chi connectivity index (χ3v) is 6.50. The molecule has 1 aliphatic rings. The molecule has 6 nitrogen and oxygen atoms in total. The van der Waals surface area contributed by atoms with E-state index in [1.807, 2.05) is 32.0 Å². The molecule has 0 spiro atoms. The average molecular weight is 485 g/mol. The summed E-state index contributed by atoms with van der Waals surface area (Å²) in [6, 6.07) is 8.81. The summed E-state index contributed by atoms with van der Waals surface area (Å²) in [5.41, 5.74) is 3.12. The number of nitrogens with zero attached hydrogens (tertiary/aromatic N) is 3. The molecule has 0 saturated carbocycles. The van der Waals surface area contributed by atoms with Crippen molar-refractivity contribution in [2.75, 3.05) is 4.90 Å². The Morgan fingerprint density at radius 1 is 1.18 bits per heavy atom. The van der Waals surface area contributed by atoms with Gasteiger partial charge in [-0.2, -0.15) is 0 Å². The molecule has 1 aromatic heterocycles. The molecular weight excluding hydrogens is 466 g/mol. The number of thiazole rings is 1. The number of thioether (sulfide) groups is 1. The first-order chi connectivity index (χ1) is 15.7. The van der Waals surface area contributed by atoms with Crippen LogP contribution in [0.15, 0.2) is 51.7 Å². The summed E-state index contributed by atoms with van der Waals surface area (Å²) in [6.07, 6.45) is 1.58. The lowest BCUT2D eigenvalue weighted by atomic mass is 10.1. The van der Waals surface area contributed by atoms with Gasteiger partial charge < -0.3 is 5.32 Å². The van der Waals surface area contributed by atoms with Crippen LogP contribution in [-0.4, -0.2) is 22.0 Å². The Balaban J connectivity index is 1.61. The predicted octanol–water partition coefficient (Wildman–Crippen LogP) is 5.61. The minimum absolute atomic E-state index is 0.103. The van der Waals surface area contributed by atoms with Crippen LogP contribution in [0.2, 0.25) is 0 Å². The molecular formula is C23H18F2N4O2S2. The molecule has 1 N–H and O–H groups in total. The van der Waals surface area contributed by atoms with Crippen LogP contribution in [0.5, 0.6) is 0 Å². The molecule has 1 aliphatic heterocycles. The average Bonchev–Trinajstić information content (AvgIpc) is 3.33. The van der Waals surface area contributed by atoms with Gasteiger partial charge in [0.1, 0.15) is 11.6 Å². The monoisotopic (exact) mass is 484 g/mol. The highest BCUT2D eigenvalue weighted by molar-refractivity contribution is 8.18. The summed E-state index contributed by atoms with van der Waals surface area (Å²) in [5, 5.41) is 5.05. The van der Waals surface area contributed by atoms with Crippen LogP contribution in [0.4, 0.5) is 25.3 Å². The molecule has 2 amide bonds. The zero-order chi connectivity index (χ0) is 23.7. The fourth-order valence-corrected chi connectivity index (χ4v) is 4.86. The quantitative estimate of drug-likeness (QED) is 0.488. The van der Waals surface area contributed by atoms with Crippen molar-refractivity contribution >= 4 is 62.7 Å². The van der Waals surface area contributed by atoms with Gasteiger partial charge in [0.15, 0.2) is 10.3 Å². The predicted molar refractivity (Wildman–Crippen MR) is 128 cm³/mol. The summed E-state index contributed by atoms with van der Waals surface area (Å²) in [7, 11) is 0. The molecule has 3 aromatic rings. The lowest BCUT2D eigenvalue weighted by molar-refractivity contribution is -0.116. The molecule has 0 unspecified atom stereocenters. The number of amidine groups is 1. The zero-order valence-electron chi connectivity index (χ0n) is 17.8. The number of carbonyl (C=O) groups is 2. The van der Waals surface area contributed by atoms with Crippen LogP contribution in [0.1, 0.15) is 23.7 Å². The van der Waals surface area contributed by atoms with E-state index in [4.69, 9.17) is 0 Å². The minimum Gasteiger partial charge on any atom is -0.300 e. The van der Waals surface area contributed by atoms with Gasteiger partial charge in [0, 0.05) is 18.4 Å². The van der Waals surface area contributed by atoms with Crippen molar-refractivity contribution in [1.82, 2.24) is 10.3 Å². The van der Waals surface area contributed by atoms with Crippen LogP contribution < -0.4 is 10.2 Å². The van der Waals surface area contributed by atoms with Gasteiger partial charge in [-0.3, -0.25) is 14.5 Å². The van der Waals surface area contributed by atoms with E-state index in [-0.39, 0.29) is 16.7 Å². The molecule has 33 heavy (non-hydrogen) atoms. The van der Waals surface area contributed by atoms with E-state index < -0.39 is 17.5 Å². The minimum atomic E-state index is -0.876. The van der Waals surface area contributed by atoms with Gasteiger partial charge in [-0.05, 0) is 54.9 Å². The van der Waals surface area contributed by atoms with Crippen LogP contribution >= 0.6 is 23.1 Å². The number of aryl methyl sites for hydroxylation is 2. The van der Waals surface area contributed by atoms with E-state index in [1.54, 1.807) is 11.5 Å². The highest BCUT2D eigenvalue weighted by Gasteiger charge is 2.26. The number of halogens is 2. The van der Waals surface area contributed by atoms with E-state index in [9.17, 15) is 18.4 Å². The number of aromatic nitrogens is 1. The van der Waals surface area contributed by atoms with E-state index >= 15 is 0 Å². The SMILES string of the molecule is CC(=O)N(c1nc(/C=C2/SC(=Nc3c(C)cccc3C)NC2=O)cs1)c1ccc(F)cc1F. The lowest BCUT2D eigenvalue weighted by Gasteiger charge is -2.18. The second-order valence-corrected chi connectivity index (χ2v) is 9.09. The molecule has 0 bridgehead atoms. The summed E-state index contributed by atoms with van der Waals surface area (Å²) in [5.74, 6) is -2.41. The number of anilines is 2. The maximum atomic E-state index is 14.3. The van der Waals surface area contributed by atoms with Gasteiger partial charge in [-0.25, -0.2) is 18.8 Å². The number of para-hydroxylation sites is 1. The van der Waals surface area contributed by atoms with Crippen molar-refractivity contribution in [3.8, 4) is 0 Å². The van der Waals surface area contributed by atoms with Crippen molar-refractivity contribution in [3.05, 3.63) is 75.1 Å². The van der Waals surface area contributed by atoms with Crippen LogP contribution in [0, 0.1) is 25.5 Å². The smallest absolute Gasteiger partial charge is 0.264 e. The van der Waals surface area contributed by atoms with E-state index in [0.717, 1.165) is 39.1 Å². The summed E-state index contributed by atoms with van der Waals surface area (Å²) in [6.45, 7) is 5.16. The first-order valence-corrected chi connectivity index (χ1v) is 11.5. The number of rotatable bonds is 4. The Hall–Kier alpha value is -3.37. The zero-order valence-corrected chi connectivity index (χ0v) is 19.5. The van der Waals surface area contributed by atoms with Gasteiger partial charge in [0.2, 0.25) is 5.91 Å². The van der Waals surface area contributed by atoms with Gasteiger partial charge in [0.05, 0.1) is 22.0 Å². The number of benzene rings is 2. The number of hydrogen-bond donors (Lipinski definition) is 1. The van der Waals surface area contributed by atoms with E-state index in [2.05, 4.69) is 15.3 Å². The second-order valence-electron chi connectivity index (χ2n) is 7.23. The highest BCUT2D eigenvalue weighted by atomic mass is 32.2. The fraction of sp³-hybridized carbons (Fsp3) is 0.130. The first kappa shape index (κ1) is 22.8. The third-order valence-electron chi connectivity index (χ3n) is 4.75. The molecule has 1 saturated heterocycles. The van der Waals surface area contributed by atoms with Crippen LogP contribution in [0.3, 0.4) is 0 Å². The summed E-state index contributed by atoms with van der Waals surface area (Å²) in [4.78, 5) is 35.0. The van der Waals surface area contributed by atoms with Crippen molar-refractivity contribution < 1.29 is 18.4 Å². The molecule has 0 atom stereocenters. The van der Waals surface area contributed by atoms with Gasteiger partial charge in [0.25, 0.3) is 5.91 Å². The number of nitrogens with one attached hydrogen (secondary N) is 1. The Kier molecular flexibility index (Phi) is 6.39. The maximum absolute atomic E-state index is 14.3. The molecule has 0 aliphatic carbocycles. The third kappa shape index (κ3) is 4.86. The fourth-order valence-electron chi connectivity index (χ4n) is 3.21. The molecule has 4 rings (SSSR count). The van der Waals surface area contributed by atoms with E-state index in [1.165, 1.54) is 24.8 Å². The maximum Gasteiger partial charge on any atom is 0.264 e. The van der Waals surface area contributed by atoms with Crippen molar-refractivity contribution in [3.63, 3.8) is 0 Å². The molecule has 10 heteroatoms. The Morgan fingerprint density at radius 3 is 2.58 bits per heavy atom. The van der Waals surface area contributed by atoms with E-state index in [0.29, 0.717) is 21.8 Å². The largest absolute Gasteiger partial charge is 0.300 e. The second kappa shape index (κ2) is 9.24. The number of hydrogen-bond acceptors (Lipinski definition) is 6. The molecule has 2 aromatic carbocycles. The summed E-state index contributed by atoms with van der Waals surface area (Å²) < 4.78 is 27.6. The summed E-state index contributed by atoms with van der Waals surface area (Å²) >= 11 is 2.29. The molecule has 168 valence electrons. The van der Waals surface area contributed by atoms with Crippen molar-refractivity contribution in [1.29, 1.82) is 0 Å². The van der Waals surface area contributed by atoms with Gasteiger partial charge >= 0.3 is 0 Å². The van der Waals surface area contributed by atoms with Gasteiger partial charge in [-0.15, -0.1) is 11.3 Å². The normalized spacial score (nSPS) is 15.8. The van der Waals surface area contributed by atoms with Gasteiger partial charge in [-0.1, -0.05) is 18.2 Å².